The lowest BCUT2D eigenvalue weighted by Crippen LogP contribution is -2.28. The number of nitrogens with two attached hydrogens (primary N) is 1. The van der Waals surface area contributed by atoms with Crippen molar-refractivity contribution in [2.75, 3.05) is 0 Å². The smallest absolute Gasteiger partial charge is 0.269 e. The average molecular weight is 275 g/mol. The van der Waals surface area contributed by atoms with Gasteiger partial charge in [0.25, 0.3) is 5.91 Å². The molecule has 2 aromatic rings. The largest absolute Gasteiger partial charge is 0.474 e. The number of nitrogens with zero attached hydrogens (tertiary/aromatic N) is 2. The molecule has 0 fully saturated rings. The van der Waals surface area contributed by atoms with Crippen molar-refractivity contribution in [2.45, 2.75) is 25.5 Å². The number of benzene rings is 1. The Kier molecular flexibility index (Phi) is 3.14. The fourth-order valence-corrected chi connectivity index (χ4v) is 2.30. The molecule has 0 radical (unpaired) electrons. The van der Waals surface area contributed by atoms with Crippen LogP contribution >= 0.6 is 0 Å². The van der Waals surface area contributed by atoms with Crippen molar-refractivity contribution in [3.8, 4) is 5.88 Å². The monoisotopic (exact) mass is 275 g/mol. The van der Waals surface area contributed by atoms with E-state index in [4.69, 9.17) is 10.5 Å². The van der Waals surface area contributed by atoms with E-state index in [1.807, 2.05) is 0 Å². The van der Waals surface area contributed by atoms with Gasteiger partial charge in [0, 0.05) is 25.5 Å². The topological polar surface area (TPSA) is 70.1 Å². The molecule has 1 aliphatic rings. The van der Waals surface area contributed by atoms with Crippen molar-refractivity contribution >= 4 is 5.91 Å². The third-order valence-electron chi connectivity index (χ3n) is 3.32. The van der Waals surface area contributed by atoms with Crippen LogP contribution in [0.5, 0.6) is 5.88 Å². The molecule has 1 atom stereocenters. The first kappa shape index (κ1) is 12.7. The predicted octanol–water partition coefficient (Wildman–Crippen LogP) is 1.51. The summed E-state index contributed by atoms with van der Waals surface area (Å²) in [4.78, 5) is 11.1. The van der Waals surface area contributed by atoms with Crippen LogP contribution in [0.2, 0.25) is 0 Å². The number of fused-ring (bicyclic) bond motifs is 1. The van der Waals surface area contributed by atoms with Crippen LogP contribution in [0.3, 0.4) is 0 Å². The summed E-state index contributed by atoms with van der Waals surface area (Å²) in [6, 6.07) is 7.93. The number of primary amides is 1. The van der Waals surface area contributed by atoms with Crippen LogP contribution in [0.15, 0.2) is 30.3 Å². The van der Waals surface area contributed by atoms with Gasteiger partial charge < -0.3 is 10.5 Å². The minimum absolute atomic E-state index is 0.00890. The number of carbonyl (C=O) groups excluding carboxylic acids is 1. The van der Waals surface area contributed by atoms with E-state index in [2.05, 4.69) is 5.10 Å². The highest BCUT2D eigenvalue weighted by Gasteiger charge is 2.23. The summed E-state index contributed by atoms with van der Waals surface area (Å²) in [6.07, 6.45) is 1.46. The van der Waals surface area contributed by atoms with Crippen LogP contribution in [0.1, 0.15) is 22.5 Å². The molecule has 1 unspecified atom stereocenters. The molecule has 1 amide bonds. The van der Waals surface area contributed by atoms with Gasteiger partial charge in [-0.15, -0.1) is 0 Å². The van der Waals surface area contributed by atoms with E-state index >= 15 is 0 Å². The summed E-state index contributed by atoms with van der Waals surface area (Å²) >= 11 is 0. The molecule has 5 nitrogen and oxygen atoms in total. The lowest BCUT2D eigenvalue weighted by molar-refractivity contribution is 0.0994. The number of halogens is 1. The molecule has 2 N–H and O–H groups in total. The zero-order chi connectivity index (χ0) is 14.1. The van der Waals surface area contributed by atoms with Crippen LogP contribution < -0.4 is 10.5 Å². The highest BCUT2D eigenvalue weighted by Crippen LogP contribution is 2.24. The van der Waals surface area contributed by atoms with Gasteiger partial charge in [0.15, 0.2) is 5.69 Å². The normalized spacial score (nSPS) is 17.4. The van der Waals surface area contributed by atoms with E-state index in [0.29, 0.717) is 18.8 Å². The lowest BCUT2D eigenvalue weighted by atomic mass is 10.0. The number of carbonyl (C=O) groups is 1. The van der Waals surface area contributed by atoms with Gasteiger partial charge in [-0.1, -0.05) is 12.1 Å². The van der Waals surface area contributed by atoms with Crippen molar-refractivity contribution in [1.29, 1.82) is 0 Å². The highest BCUT2D eigenvalue weighted by molar-refractivity contribution is 5.91. The highest BCUT2D eigenvalue weighted by atomic mass is 19.1. The third kappa shape index (κ3) is 2.49. The third-order valence-corrected chi connectivity index (χ3v) is 3.32. The van der Waals surface area contributed by atoms with Crippen LogP contribution in [0.4, 0.5) is 4.39 Å². The number of aryl methyl sites for hydroxylation is 1. The van der Waals surface area contributed by atoms with Gasteiger partial charge in [0.1, 0.15) is 11.9 Å². The maximum absolute atomic E-state index is 12.9. The molecule has 0 aliphatic carbocycles. The number of ether oxygens (including phenoxy) is 1. The summed E-state index contributed by atoms with van der Waals surface area (Å²) in [6.45, 7) is 0.675. The standard InChI is InChI=1S/C14H14FN3O2/c15-10-3-1-9(2-4-10)7-11-5-6-18-13(20-11)8-12(17-18)14(16)19/h1-4,8,11H,5-7H2,(H2,16,19). The molecule has 2 heterocycles. The van der Waals surface area contributed by atoms with Crippen molar-refractivity contribution in [1.82, 2.24) is 9.78 Å². The van der Waals surface area contributed by atoms with Gasteiger partial charge in [-0.3, -0.25) is 4.79 Å². The number of aromatic nitrogens is 2. The second kappa shape index (κ2) is 4.96. The summed E-state index contributed by atoms with van der Waals surface area (Å²) in [7, 11) is 0. The fraction of sp³-hybridized carbons (Fsp3) is 0.286. The average Bonchev–Trinajstić information content (AvgIpc) is 2.85. The quantitative estimate of drug-likeness (QED) is 0.923. The SMILES string of the molecule is NC(=O)c1cc2n(n1)CCC(Cc1ccc(F)cc1)O2. The molecule has 20 heavy (non-hydrogen) atoms. The molecule has 6 heteroatoms. The zero-order valence-corrected chi connectivity index (χ0v) is 10.8. The van der Waals surface area contributed by atoms with Gasteiger partial charge in [-0.25, -0.2) is 9.07 Å². The second-order valence-corrected chi connectivity index (χ2v) is 4.81. The predicted molar refractivity (Wildman–Crippen MR) is 69.9 cm³/mol. The first-order valence-corrected chi connectivity index (χ1v) is 6.40. The lowest BCUT2D eigenvalue weighted by Gasteiger charge is -2.24. The maximum atomic E-state index is 12.9. The van der Waals surface area contributed by atoms with Crippen molar-refractivity contribution in [3.63, 3.8) is 0 Å². The summed E-state index contributed by atoms with van der Waals surface area (Å²) in [5.74, 6) is -0.259. The van der Waals surface area contributed by atoms with Crippen LogP contribution in [-0.4, -0.2) is 21.8 Å². The zero-order valence-electron chi connectivity index (χ0n) is 10.8. The van der Waals surface area contributed by atoms with Crippen molar-refractivity contribution in [2.24, 2.45) is 5.73 Å². The molecule has 1 aromatic carbocycles. The molecule has 1 aromatic heterocycles. The van der Waals surface area contributed by atoms with Gasteiger partial charge in [-0.05, 0) is 17.7 Å². The Labute approximate surface area is 115 Å². The molecule has 0 bridgehead atoms. The number of rotatable bonds is 3. The molecule has 0 saturated carbocycles. The summed E-state index contributed by atoms with van der Waals surface area (Å²) < 4.78 is 20.3. The molecule has 0 spiro atoms. The molecule has 3 rings (SSSR count). The first-order chi connectivity index (χ1) is 9.61. The van der Waals surface area contributed by atoms with E-state index in [9.17, 15) is 9.18 Å². The second-order valence-electron chi connectivity index (χ2n) is 4.81. The van der Waals surface area contributed by atoms with Crippen LogP contribution in [-0.2, 0) is 13.0 Å². The van der Waals surface area contributed by atoms with Gasteiger partial charge in [0.05, 0.1) is 0 Å². The van der Waals surface area contributed by atoms with E-state index < -0.39 is 5.91 Å². The minimum Gasteiger partial charge on any atom is -0.474 e. The van der Waals surface area contributed by atoms with Crippen molar-refractivity contribution < 1.29 is 13.9 Å². The molecule has 0 saturated heterocycles. The van der Waals surface area contributed by atoms with Gasteiger partial charge >= 0.3 is 0 Å². The van der Waals surface area contributed by atoms with Crippen molar-refractivity contribution in [3.05, 3.63) is 47.4 Å². The van der Waals surface area contributed by atoms with Gasteiger partial charge in [0.2, 0.25) is 5.88 Å². The van der Waals surface area contributed by atoms with Crippen LogP contribution in [0, 0.1) is 5.82 Å². The minimum atomic E-state index is -0.564. The molecular formula is C14H14FN3O2. The summed E-state index contributed by atoms with van der Waals surface area (Å²) in [5.41, 5.74) is 6.42. The first-order valence-electron chi connectivity index (χ1n) is 6.40. The summed E-state index contributed by atoms with van der Waals surface area (Å²) in [5, 5.41) is 4.07. The van der Waals surface area contributed by atoms with Gasteiger partial charge in [-0.2, -0.15) is 5.10 Å². The number of hydrogen-bond acceptors (Lipinski definition) is 3. The maximum Gasteiger partial charge on any atom is 0.269 e. The molecular weight excluding hydrogens is 261 g/mol. The van der Waals surface area contributed by atoms with Crippen LogP contribution in [0.25, 0.3) is 0 Å². The Morgan fingerprint density at radius 3 is 2.90 bits per heavy atom. The Balaban J connectivity index is 1.72. The fourth-order valence-electron chi connectivity index (χ4n) is 2.30. The van der Waals surface area contributed by atoms with E-state index in [1.165, 1.54) is 12.1 Å². The van der Waals surface area contributed by atoms with E-state index in [0.717, 1.165) is 12.0 Å². The Morgan fingerprint density at radius 2 is 2.20 bits per heavy atom. The Bertz CT molecular complexity index is 636. The number of hydrogen-bond donors (Lipinski definition) is 1. The molecule has 104 valence electrons. The molecule has 1 aliphatic heterocycles. The Hall–Kier alpha value is -2.37. The Morgan fingerprint density at radius 1 is 1.45 bits per heavy atom. The van der Waals surface area contributed by atoms with E-state index in [1.54, 1.807) is 22.9 Å². The van der Waals surface area contributed by atoms with E-state index in [-0.39, 0.29) is 17.6 Å². The number of amides is 1.